The molecular formula is C15H19FN4O2S. The van der Waals surface area contributed by atoms with Crippen LogP contribution in [-0.4, -0.2) is 38.4 Å². The quantitative estimate of drug-likeness (QED) is 0.783. The fourth-order valence-electron chi connectivity index (χ4n) is 2.04. The molecular weight excluding hydrogens is 319 g/mol. The maximum absolute atomic E-state index is 13.6. The Balaban J connectivity index is 1.94. The van der Waals surface area contributed by atoms with Crippen LogP contribution in [0.5, 0.6) is 0 Å². The molecule has 0 saturated heterocycles. The van der Waals surface area contributed by atoms with Crippen molar-refractivity contribution in [2.75, 3.05) is 12.8 Å². The van der Waals surface area contributed by atoms with Gasteiger partial charge in [0.25, 0.3) is 0 Å². The number of H-pyrrole nitrogens is 1. The zero-order valence-electron chi connectivity index (χ0n) is 13.1. The zero-order chi connectivity index (χ0) is 16.8. The predicted molar refractivity (Wildman–Crippen MR) is 86.7 cm³/mol. The first-order valence-electron chi connectivity index (χ1n) is 7.28. The van der Waals surface area contributed by atoms with E-state index in [9.17, 15) is 14.0 Å². The fraction of sp³-hybridized carbons (Fsp3) is 0.400. The van der Waals surface area contributed by atoms with E-state index in [1.807, 2.05) is 6.92 Å². The maximum Gasteiger partial charge on any atom is 0.343 e. The van der Waals surface area contributed by atoms with Gasteiger partial charge in [-0.15, -0.1) is 5.10 Å². The van der Waals surface area contributed by atoms with Gasteiger partial charge in [-0.1, -0.05) is 36.9 Å². The van der Waals surface area contributed by atoms with Crippen molar-refractivity contribution in [2.45, 2.75) is 31.6 Å². The molecule has 0 saturated carbocycles. The van der Waals surface area contributed by atoms with Crippen LogP contribution in [-0.2, 0) is 17.9 Å². The Morgan fingerprint density at radius 3 is 2.87 bits per heavy atom. The van der Waals surface area contributed by atoms with E-state index >= 15 is 0 Å². The van der Waals surface area contributed by atoms with Crippen molar-refractivity contribution >= 4 is 17.7 Å². The molecule has 1 amide bonds. The van der Waals surface area contributed by atoms with Crippen LogP contribution in [0.15, 0.2) is 34.2 Å². The number of hydrogen-bond donors (Lipinski definition) is 1. The lowest BCUT2D eigenvalue weighted by Crippen LogP contribution is -2.28. The lowest BCUT2D eigenvalue weighted by Gasteiger charge is -2.17. The van der Waals surface area contributed by atoms with Crippen LogP contribution in [0.25, 0.3) is 0 Å². The van der Waals surface area contributed by atoms with Gasteiger partial charge in [0.2, 0.25) is 5.91 Å². The van der Waals surface area contributed by atoms with Crippen molar-refractivity contribution in [1.82, 2.24) is 19.7 Å². The summed E-state index contributed by atoms with van der Waals surface area (Å²) in [5, 5.41) is 6.80. The van der Waals surface area contributed by atoms with E-state index in [0.29, 0.717) is 17.3 Å². The first kappa shape index (κ1) is 17.3. The van der Waals surface area contributed by atoms with E-state index in [2.05, 4.69) is 10.2 Å². The highest BCUT2D eigenvalue weighted by Crippen LogP contribution is 2.15. The lowest BCUT2D eigenvalue weighted by molar-refractivity contribution is -0.127. The Morgan fingerprint density at radius 2 is 2.17 bits per heavy atom. The summed E-state index contributed by atoms with van der Waals surface area (Å²) in [6, 6.07) is 6.37. The van der Waals surface area contributed by atoms with Gasteiger partial charge in [0.05, 0.1) is 5.75 Å². The summed E-state index contributed by atoms with van der Waals surface area (Å²) in [6.45, 7) is 2.71. The van der Waals surface area contributed by atoms with Crippen molar-refractivity contribution in [1.29, 1.82) is 0 Å². The Labute approximate surface area is 137 Å². The molecule has 0 spiro atoms. The summed E-state index contributed by atoms with van der Waals surface area (Å²) in [5.41, 5.74) is 0.192. The number of thioether (sulfide) groups is 1. The van der Waals surface area contributed by atoms with Crippen LogP contribution in [0.3, 0.4) is 0 Å². The molecule has 0 radical (unpaired) electrons. The number of benzene rings is 1. The van der Waals surface area contributed by atoms with Gasteiger partial charge in [-0.25, -0.2) is 14.3 Å². The fourth-order valence-corrected chi connectivity index (χ4v) is 2.95. The Kier molecular flexibility index (Phi) is 5.97. The summed E-state index contributed by atoms with van der Waals surface area (Å²) in [6.07, 6.45) is 0.800. The molecule has 0 aliphatic rings. The molecule has 6 nitrogen and oxygen atoms in total. The second-order valence-corrected chi connectivity index (χ2v) is 6.04. The predicted octanol–water partition coefficient (Wildman–Crippen LogP) is 1.87. The second-order valence-electron chi connectivity index (χ2n) is 5.09. The summed E-state index contributed by atoms with van der Waals surface area (Å²) in [4.78, 5) is 25.2. The van der Waals surface area contributed by atoms with Gasteiger partial charge in [0, 0.05) is 25.7 Å². The summed E-state index contributed by atoms with van der Waals surface area (Å²) in [5.74, 6) is -0.348. The van der Waals surface area contributed by atoms with Crippen molar-refractivity contribution in [3.63, 3.8) is 0 Å². The summed E-state index contributed by atoms with van der Waals surface area (Å²) >= 11 is 1.19. The Bertz CT molecular complexity index is 728. The summed E-state index contributed by atoms with van der Waals surface area (Å²) < 4.78 is 15.1. The molecule has 0 unspecified atom stereocenters. The largest absolute Gasteiger partial charge is 0.343 e. The van der Waals surface area contributed by atoms with Crippen LogP contribution >= 0.6 is 11.8 Å². The smallest absolute Gasteiger partial charge is 0.341 e. The second kappa shape index (κ2) is 7.96. The number of nitrogens with zero attached hydrogens (tertiary/aromatic N) is 3. The number of rotatable bonds is 7. The molecule has 0 fully saturated rings. The molecule has 0 bridgehead atoms. The third kappa shape index (κ3) is 4.44. The number of amides is 1. The van der Waals surface area contributed by atoms with E-state index in [-0.39, 0.29) is 29.7 Å². The highest BCUT2D eigenvalue weighted by molar-refractivity contribution is 7.99. The van der Waals surface area contributed by atoms with Crippen LogP contribution < -0.4 is 5.69 Å². The molecule has 0 aliphatic heterocycles. The average Bonchev–Trinajstić information content (AvgIpc) is 2.88. The lowest BCUT2D eigenvalue weighted by atomic mass is 10.2. The first-order valence-corrected chi connectivity index (χ1v) is 8.26. The highest BCUT2D eigenvalue weighted by Gasteiger charge is 2.15. The minimum absolute atomic E-state index is 0.138. The number of halogens is 1. The van der Waals surface area contributed by atoms with E-state index < -0.39 is 0 Å². The molecule has 124 valence electrons. The standard InChI is InChI=1S/C15H19FN4O2S/c1-3-8-20-14(22)17-18-15(20)23-10-13(21)19(2)9-11-6-4-5-7-12(11)16/h4-7H,3,8-10H2,1-2H3,(H,17,22). The van der Waals surface area contributed by atoms with Crippen LogP contribution in [0, 0.1) is 5.82 Å². The van der Waals surface area contributed by atoms with Gasteiger partial charge in [-0.2, -0.15) is 0 Å². The van der Waals surface area contributed by atoms with Crippen LogP contribution in [0.2, 0.25) is 0 Å². The number of aromatic amines is 1. The van der Waals surface area contributed by atoms with Crippen molar-refractivity contribution in [3.05, 3.63) is 46.1 Å². The third-order valence-corrected chi connectivity index (χ3v) is 4.25. The average molecular weight is 338 g/mol. The van der Waals surface area contributed by atoms with Gasteiger partial charge in [0.1, 0.15) is 5.82 Å². The molecule has 1 aromatic carbocycles. The van der Waals surface area contributed by atoms with Gasteiger partial charge >= 0.3 is 5.69 Å². The molecule has 0 atom stereocenters. The maximum atomic E-state index is 13.6. The topological polar surface area (TPSA) is 71.0 Å². The number of hydrogen-bond acceptors (Lipinski definition) is 4. The van der Waals surface area contributed by atoms with Gasteiger partial charge in [-0.05, 0) is 12.5 Å². The SMILES string of the molecule is CCCn1c(SCC(=O)N(C)Cc2ccccc2F)n[nH]c1=O. The van der Waals surface area contributed by atoms with Crippen molar-refractivity contribution in [2.24, 2.45) is 0 Å². The van der Waals surface area contributed by atoms with Gasteiger partial charge in [0.15, 0.2) is 5.16 Å². The molecule has 1 N–H and O–H groups in total. The number of carbonyl (C=O) groups is 1. The number of nitrogens with one attached hydrogen (secondary N) is 1. The molecule has 2 aromatic rings. The van der Waals surface area contributed by atoms with Crippen molar-refractivity contribution < 1.29 is 9.18 Å². The normalized spacial score (nSPS) is 10.7. The van der Waals surface area contributed by atoms with E-state index in [0.717, 1.165) is 6.42 Å². The Morgan fingerprint density at radius 1 is 1.43 bits per heavy atom. The minimum Gasteiger partial charge on any atom is -0.341 e. The number of aromatic nitrogens is 3. The Hall–Kier alpha value is -2.09. The zero-order valence-corrected chi connectivity index (χ0v) is 13.9. The molecule has 1 heterocycles. The van der Waals surface area contributed by atoms with E-state index in [4.69, 9.17) is 0 Å². The molecule has 1 aromatic heterocycles. The monoisotopic (exact) mass is 338 g/mol. The van der Waals surface area contributed by atoms with E-state index in [1.165, 1.54) is 27.3 Å². The summed E-state index contributed by atoms with van der Waals surface area (Å²) in [7, 11) is 1.62. The van der Waals surface area contributed by atoms with Crippen molar-refractivity contribution in [3.8, 4) is 0 Å². The molecule has 0 aliphatic carbocycles. The van der Waals surface area contributed by atoms with Crippen LogP contribution in [0.1, 0.15) is 18.9 Å². The highest BCUT2D eigenvalue weighted by atomic mass is 32.2. The first-order chi connectivity index (χ1) is 11.0. The van der Waals surface area contributed by atoms with E-state index in [1.54, 1.807) is 25.2 Å². The molecule has 23 heavy (non-hydrogen) atoms. The third-order valence-electron chi connectivity index (χ3n) is 3.29. The van der Waals surface area contributed by atoms with Crippen LogP contribution in [0.4, 0.5) is 4.39 Å². The minimum atomic E-state index is -0.330. The number of carbonyl (C=O) groups excluding carboxylic acids is 1. The van der Waals surface area contributed by atoms with Gasteiger partial charge < -0.3 is 4.90 Å². The molecule has 8 heteroatoms. The van der Waals surface area contributed by atoms with Gasteiger partial charge in [-0.3, -0.25) is 9.36 Å². The molecule has 2 rings (SSSR count).